The van der Waals surface area contributed by atoms with Crippen molar-refractivity contribution in [2.45, 2.75) is 6.42 Å². The lowest BCUT2D eigenvalue weighted by molar-refractivity contribution is -0.870. The maximum Gasteiger partial charge on any atom is 0.306 e. The van der Waals surface area contributed by atoms with E-state index in [1.54, 1.807) is 0 Å². The predicted octanol–water partition coefficient (Wildman–Crippen LogP) is -1.98. The lowest BCUT2D eigenvalue weighted by Gasteiger charge is -2.23. The van der Waals surface area contributed by atoms with E-state index in [1.165, 1.54) is 0 Å². The number of nitrogens with zero attached hydrogens (tertiary/aromatic N) is 1. The van der Waals surface area contributed by atoms with Crippen LogP contribution in [0.1, 0.15) is 6.42 Å². The first-order valence-corrected chi connectivity index (χ1v) is 5.10. The highest BCUT2D eigenvalue weighted by Gasteiger charge is 2.08. The van der Waals surface area contributed by atoms with E-state index >= 15 is 0 Å². The normalized spacial score (nSPS) is 10.5. The fraction of sp³-hybridized carbons (Fsp3) is 0.875. The van der Waals surface area contributed by atoms with Crippen molar-refractivity contribution >= 4 is 21.9 Å². The highest BCUT2D eigenvalue weighted by atomic mass is 79.9. The topological polar surface area (TPSA) is 26.3 Å². The van der Waals surface area contributed by atoms with Crippen molar-refractivity contribution in [1.29, 1.82) is 0 Å². The van der Waals surface area contributed by atoms with Gasteiger partial charge in [0.2, 0.25) is 0 Å². The van der Waals surface area contributed by atoms with Gasteiger partial charge in [-0.1, -0.05) is 15.9 Å². The second kappa shape index (κ2) is 7.59. The summed E-state index contributed by atoms with van der Waals surface area (Å²) in [7, 11) is 6.20. The Bertz CT molecular complexity index is 148. The third kappa shape index (κ3) is 12.2. The Kier molecular flexibility index (Phi) is 9.14. The number of quaternary nitrogens is 1. The molecule has 0 aromatic carbocycles. The molecule has 0 amide bonds. The van der Waals surface area contributed by atoms with E-state index < -0.39 is 0 Å². The number of ether oxygens (including phenoxy) is 1. The second-order valence-electron chi connectivity index (χ2n) is 3.67. The maximum absolute atomic E-state index is 10.9. The quantitative estimate of drug-likeness (QED) is 0.330. The molecule has 80 valence electrons. The van der Waals surface area contributed by atoms with E-state index in [4.69, 9.17) is 4.74 Å². The number of carbonyl (C=O) groups is 1. The molecule has 0 spiro atoms. The number of hydrogen-bond donors (Lipinski definition) is 0. The van der Waals surface area contributed by atoms with Crippen molar-refractivity contribution in [3.63, 3.8) is 0 Å². The van der Waals surface area contributed by atoms with Crippen LogP contribution in [0.2, 0.25) is 0 Å². The SMILES string of the molecule is C[N+](C)(C)CCOC(=O)CCBr.[Cl-]. The summed E-state index contributed by atoms with van der Waals surface area (Å²) in [6, 6.07) is 0. The molecule has 0 fully saturated rings. The fourth-order valence-electron chi connectivity index (χ4n) is 0.583. The van der Waals surface area contributed by atoms with Gasteiger partial charge >= 0.3 is 5.97 Å². The lowest BCUT2D eigenvalue weighted by Crippen LogP contribution is -3.00. The molecule has 0 aliphatic heterocycles. The largest absolute Gasteiger partial charge is 1.00 e. The van der Waals surface area contributed by atoms with Gasteiger partial charge in [-0.3, -0.25) is 4.79 Å². The molecule has 0 atom stereocenters. The molecule has 3 nitrogen and oxygen atoms in total. The van der Waals surface area contributed by atoms with Gasteiger partial charge in [0.25, 0.3) is 0 Å². The van der Waals surface area contributed by atoms with Gasteiger partial charge in [0, 0.05) is 5.33 Å². The molecular weight excluding hydrogens is 257 g/mol. The first kappa shape index (κ1) is 15.7. The number of esters is 1. The third-order valence-electron chi connectivity index (χ3n) is 1.32. The Hall–Kier alpha value is 0.200. The van der Waals surface area contributed by atoms with Crippen LogP contribution in [0.25, 0.3) is 0 Å². The predicted molar refractivity (Wildman–Crippen MR) is 52.3 cm³/mol. The van der Waals surface area contributed by atoms with E-state index in [-0.39, 0.29) is 18.4 Å². The average Bonchev–Trinajstić information content (AvgIpc) is 1.84. The third-order valence-corrected chi connectivity index (χ3v) is 1.72. The van der Waals surface area contributed by atoms with Crippen LogP contribution in [-0.4, -0.2) is 50.1 Å². The molecular formula is C8H17BrClNO2. The summed E-state index contributed by atoms with van der Waals surface area (Å²) < 4.78 is 5.79. The molecule has 0 N–H and O–H groups in total. The minimum atomic E-state index is -0.125. The molecule has 0 bridgehead atoms. The molecule has 0 radical (unpaired) electrons. The van der Waals surface area contributed by atoms with E-state index in [2.05, 4.69) is 37.1 Å². The molecule has 0 unspecified atom stereocenters. The van der Waals surface area contributed by atoms with Crippen molar-refractivity contribution in [3.05, 3.63) is 0 Å². The number of hydrogen-bond acceptors (Lipinski definition) is 2. The summed E-state index contributed by atoms with van der Waals surface area (Å²) in [5.41, 5.74) is 0. The van der Waals surface area contributed by atoms with Crippen molar-refractivity contribution in [2.24, 2.45) is 0 Å². The molecule has 0 saturated carbocycles. The summed E-state index contributed by atoms with van der Waals surface area (Å²) in [6.07, 6.45) is 0.455. The van der Waals surface area contributed by atoms with Crippen LogP contribution in [0.15, 0.2) is 0 Å². The van der Waals surface area contributed by atoms with Gasteiger partial charge < -0.3 is 21.6 Å². The first-order chi connectivity index (χ1) is 5.45. The summed E-state index contributed by atoms with van der Waals surface area (Å²) >= 11 is 3.18. The number of rotatable bonds is 5. The van der Waals surface area contributed by atoms with Gasteiger partial charge in [0.15, 0.2) is 0 Å². The summed E-state index contributed by atoms with van der Waals surface area (Å²) in [4.78, 5) is 10.9. The van der Waals surface area contributed by atoms with Gasteiger partial charge in [-0.2, -0.15) is 0 Å². The fourth-order valence-corrected chi connectivity index (χ4v) is 0.906. The summed E-state index contributed by atoms with van der Waals surface area (Å²) in [6.45, 7) is 1.36. The van der Waals surface area contributed by atoms with Crippen molar-refractivity contribution < 1.29 is 26.4 Å². The average molecular weight is 275 g/mol. The smallest absolute Gasteiger partial charge is 0.306 e. The Labute approximate surface area is 94.6 Å². The Morgan fingerprint density at radius 2 is 1.92 bits per heavy atom. The number of likely N-dealkylation sites (N-methyl/N-ethyl adjacent to an activating group) is 1. The minimum absolute atomic E-state index is 0. The zero-order valence-corrected chi connectivity index (χ0v) is 10.7. The highest BCUT2D eigenvalue weighted by molar-refractivity contribution is 9.09. The standard InChI is InChI=1S/C8H17BrNO2.ClH/c1-10(2,3)6-7-12-8(11)4-5-9;/h4-7H2,1-3H3;1H/q+1;/p-1. The molecule has 0 aromatic heterocycles. The van der Waals surface area contributed by atoms with Crippen molar-refractivity contribution in [3.8, 4) is 0 Å². The van der Waals surface area contributed by atoms with Gasteiger partial charge in [-0.15, -0.1) is 0 Å². The van der Waals surface area contributed by atoms with Crippen LogP contribution < -0.4 is 12.4 Å². The molecule has 0 rings (SSSR count). The molecule has 13 heavy (non-hydrogen) atoms. The second-order valence-corrected chi connectivity index (χ2v) is 4.47. The Morgan fingerprint density at radius 3 is 2.31 bits per heavy atom. The monoisotopic (exact) mass is 273 g/mol. The van der Waals surface area contributed by atoms with Crippen LogP contribution in [-0.2, 0) is 9.53 Å². The van der Waals surface area contributed by atoms with E-state index in [0.29, 0.717) is 18.4 Å². The number of halogens is 2. The van der Waals surface area contributed by atoms with Crippen LogP contribution in [0.4, 0.5) is 0 Å². The van der Waals surface area contributed by atoms with Crippen LogP contribution in [0.5, 0.6) is 0 Å². The molecule has 5 heteroatoms. The van der Waals surface area contributed by atoms with Gasteiger partial charge in [-0.25, -0.2) is 0 Å². The van der Waals surface area contributed by atoms with Gasteiger partial charge in [0.05, 0.1) is 27.6 Å². The molecule has 0 aliphatic rings. The van der Waals surface area contributed by atoms with E-state index in [1.807, 2.05) is 0 Å². The molecule has 0 heterocycles. The van der Waals surface area contributed by atoms with E-state index in [9.17, 15) is 4.79 Å². The highest BCUT2D eigenvalue weighted by Crippen LogP contribution is 1.94. The summed E-state index contributed by atoms with van der Waals surface area (Å²) in [5.74, 6) is -0.125. The number of carbonyl (C=O) groups excluding carboxylic acids is 1. The van der Waals surface area contributed by atoms with Gasteiger partial charge in [0.1, 0.15) is 13.2 Å². The van der Waals surface area contributed by atoms with Crippen LogP contribution in [0, 0.1) is 0 Å². The molecule has 0 aliphatic carbocycles. The van der Waals surface area contributed by atoms with E-state index in [0.717, 1.165) is 11.0 Å². The van der Waals surface area contributed by atoms with Gasteiger partial charge in [-0.05, 0) is 0 Å². The minimum Gasteiger partial charge on any atom is -1.00 e. The zero-order valence-electron chi connectivity index (χ0n) is 8.35. The molecule has 0 saturated heterocycles. The lowest BCUT2D eigenvalue weighted by atomic mass is 10.5. The van der Waals surface area contributed by atoms with Crippen molar-refractivity contribution in [2.75, 3.05) is 39.6 Å². The first-order valence-electron chi connectivity index (χ1n) is 3.98. The van der Waals surface area contributed by atoms with Crippen LogP contribution >= 0.6 is 15.9 Å². The zero-order chi connectivity index (χ0) is 9.61. The maximum atomic E-state index is 10.9. The molecule has 0 aromatic rings. The van der Waals surface area contributed by atoms with Crippen LogP contribution in [0.3, 0.4) is 0 Å². The Morgan fingerprint density at radius 1 is 1.38 bits per heavy atom. The summed E-state index contributed by atoms with van der Waals surface area (Å²) in [5, 5.41) is 0.677. The Balaban J connectivity index is 0. The number of alkyl halides is 1. The van der Waals surface area contributed by atoms with Crippen molar-refractivity contribution in [1.82, 2.24) is 0 Å².